The summed E-state index contributed by atoms with van der Waals surface area (Å²) in [5.74, 6) is 1.06. The van der Waals surface area contributed by atoms with Gasteiger partial charge in [-0.2, -0.15) is 5.10 Å². The summed E-state index contributed by atoms with van der Waals surface area (Å²) in [6.07, 6.45) is 8.84. The van der Waals surface area contributed by atoms with Crippen molar-refractivity contribution in [3.05, 3.63) is 16.4 Å². The van der Waals surface area contributed by atoms with Crippen LogP contribution in [0.5, 0.6) is 0 Å². The van der Waals surface area contributed by atoms with Gasteiger partial charge in [0.1, 0.15) is 10.9 Å². The fourth-order valence-corrected chi connectivity index (χ4v) is 3.24. The molecule has 4 heteroatoms. The molecule has 1 aliphatic carbocycles. The number of carbonyl (C=O) groups excluding carboxylic acids is 1. The summed E-state index contributed by atoms with van der Waals surface area (Å²) in [5.41, 5.74) is 1.77. The van der Waals surface area contributed by atoms with Crippen LogP contribution in [0.2, 0.25) is 5.15 Å². The van der Waals surface area contributed by atoms with E-state index in [0.29, 0.717) is 23.8 Å². The van der Waals surface area contributed by atoms with Gasteiger partial charge in [0.25, 0.3) is 0 Å². The normalized spacial score (nSPS) is 16.8. The van der Waals surface area contributed by atoms with Crippen molar-refractivity contribution < 1.29 is 4.79 Å². The Balaban J connectivity index is 1.83. The van der Waals surface area contributed by atoms with Crippen LogP contribution in [0.4, 0.5) is 0 Å². The van der Waals surface area contributed by atoms with E-state index in [9.17, 15) is 4.79 Å². The smallest absolute Gasteiger partial charge is 0.137 e. The highest BCUT2D eigenvalue weighted by atomic mass is 35.5. The number of carbonyl (C=O) groups is 1. The molecule has 0 amide bonds. The highest BCUT2D eigenvalue weighted by Crippen LogP contribution is 2.28. The van der Waals surface area contributed by atoms with Gasteiger partial charge in [-0.3, -0.25) is 9.48 Å². The van der Waals surface area contributed by atoms with Crippen molar-refractivity contribution in [1.29, 1.82) is 0 Å². The number of rotatable bonds is 5. The molecule has 106 valence electrons. The van der Waals surface area contributed by atoms with E-state index in [0.717, 1.165) is 23.6 Å². The molecule has 0 radical (unpaired) electrons. The Bertz CT molecular complexity index is 447. The Morgan fingerprint density at radius 2 is 2.05 bits per heavy atom. The van der Waals surface area contributed by atoms with E-state index in [-0.39, 0.29) is 0 Å². The Hall–Kier alpha value is -0.830. The van der Waals surface area contributed by atoms with Gasteiger partial charge in [0.2, 0.25) is 0 Å². The molecule has 0 aliphatic heterocycles. The van der Waals surface area contributed by atoms with Crippen LogP contribution < -0.4 is 0 Å². The number of ketones is 1. The van der Waals surface area contributed by atoms with E-state index in [1.54, 1.807) is 4.68 Å². The molecule has 19 heavy (non-hydrogen) atoms. The molecule has 1 aliphatic rings. The summed E-state index contributed by atoms with van der Waals surface area (Å²) < 4.78 is 1.64. The number of hydrogen-bond acceptors (Lipinski definition) is 2. The number of nitrogens with zero attached hydrogens (tertiary/aromatic N) is 2. The lowest BCUT2D eigenvalue weighted by molar-refractivity contribution is -0.118. The van der Waals surface area contributed by atoms with Crippen LogP contribution in [0.1, 0.15) is 56.2 Å². The molecular formula is C15H23ClN2O. The number of halogens is 1. The van der Waals surface area contributed by atoms with E-state index >= 15 is 0 Å². The maximum absolute atomic E-state index is 12.1. The molecule has 1 saturated carbocycles. The summed E-state index contributed by atoms with van der Waals surface area (Å²) in [4.78, 5) is 12.1. The van der Waals surface area contributed by atoms with E-state index in [2.05, 4.69) is 5.10 Å². The Morgan fingerprint density at radius 1 is 1.37 bits per heavy atom. The lowest BCUT2D eigenvalue weighted by Gasteiger charge is -2.20. The molecule has 0 N–H and O–H groups in total. The largest absolute Gasteiger partial charge is 0.299 e. The third-order valence-corrected chi connectivity index (χ3v) is 4.67. The van der Waals surface area contributed by atoms with Crippen LogP contribution in [0.25, 0.3) is 0 Å². The molecule has 2 rings (SSSR count). The lowest BCUT2D eigenvalue weighted by atomic mass is 9.85. The minimum Gasteiger partial charge on any atom is -0.299 e. The highest BCUT2D eigenvalue weighted by Gasteiger charge is 2.18. The van der Waals surface area contributed by atoms with Crippen LogP contribution in [0.3, 0.4) is 0 Å². The third kappa shape index (κ3) is 3.82. The fourth-order valence-electron chi connectivity index (χ4n) is 3.00. The first-order valence-electron chi connectivity index (χ1n) is 7.27. The van der Waals surface area contributed by atoms with Gasteiger partial charge < -0.3 is 0 Å². The summed E-state index contributed by atoms with van der Waals surface area (Å²) in [6.45, 7) is 1.91. The van der Waals surface area contributed by atoms with E-state index in [1.165, 1.54) is 32.1 Å². The number of aryl methyl sites for hydroxylation is 2. The predicted octanol–water partition coefficient (Wildman–Crippen LogP) is 3.85. The zero-order chi connectivity index (χ0) is 13.8. The van der Waals surface area contributed by atoms with Gasteiger partial charge in [-0.05, 0) is 19.3 Å². The molecule has 0 unspecified atom stereocenters. The van der Waals surface area contributed by atoms with Crippen molar-refractivity contribution in [2.24, 2.45) is 13.0 Å². The zero-order valence-electron chi connectivity index (χ0n) is 11.9. The second kappa shape index (κ2) is 6.56. The molecule has 1 aromatic heterocycles. The van der Waals surface area contributed by atoms with Crippen LogP contribution in [-0.2, 0) is 18.3 Å². The van der Waals surface area contributed by atoms with E-state index in [4.69, 9.17) is 11.6 Å². The van der Waals surface area contributed by atoms with Gasteiger partial charge in [0.05, 0.1) is 5.69 Å². The summed E-state index contributed by atoms with van der Waals surface area (Å²) in [5, 5.41) is 4.85. The molecule has 3 nitrogen and oxygen atoms in total. The van der Waals surface area contributed by atoms with Crippen LogP contribution in [-0.4, -0.2) is 15.6 Å². The van der Waals surface area contributed by atoms with Crippen LogP contribution in [0.15, 0.2) is 0 Å². The van der Waals surface area contributed by atoms with Crippen molar-refractivity contribution in [2.45, 2.75) is 58.3 Å². The average molecular weight is 283 g/mol. The summed E-state index contributed by atoms with van der Waals surface area (Å²) >= 11 is 6.16. The maximum Gasteiger partial charge on any atom is 0.137 e. The summed E-state index contributed by atoms with van der Waals surface area (Å²) in [7, 11) is 1.81. The zero-order valence-corrected chi connectivity index (χ0v) is 12.7. The van der Waals surface area contributed by atoms with Gasteiger partial charge in [-0.15, -0.1) is 0 Å². The molecule has 0 atom stereocenters. The van der Waals surface area contributed by atoms with Gasteiger partial charge in [0.15, 0.2) is 0 Å². The molecule has 0 saturated heterocycles. The highest BCUT2D eigenvalue weighted by molar-refractivity contribution is 6.30. The molecule has 0 bridgehead atoms. The number of Topliss-reactive ketones (excluding diaryl/α,β-unsaturated/α-hetero) is 1. The Morgan fingerprint density at radius 3 is 2.63 bits per heavy atom. The van der Waals surface area contributed by atoms with Crippen molar-refractivity contribution in [1.82, 2.24) is 9.78 Å². The predicted molar refractivity (Wildman–Crippen MR) is 77.5 cm³/mol. The van der Waals surface area contributed by atoms with Gasteiger partial charge in [-0.1, -0.05) is 43.7 Å². The Labute approximate surface area is 120 Å². The van der Waals surface area contributed by atoms with Crippen molar-refractivity contribution in [3.8, 4) is 0 Å². The molecule has 1 fully saturated rings. The average Bonchev–Trinajstić information content (AvgIpc) is 2.64. The van der Waals surface area contributed by atoms with Crippen molar-refractivity contribution >= 4 is 17.4 Å². The lowest BCUT2D eigenvalue weighted by Crippen LogP contribution is -2.10. The monoisotopic (exact) mass is 282 g/mol. The maximum atomic E-state index is 12.1. The minimum absolute atomic E-state index is 0.295. The summed E-state index contributed by atoms with van der Waals surface area (Å²) in [6, 6.07) is 0. The molecule has 1 heterocycles. The molecule has 0 aromatic carbocycles. The van der Waals surface area contributed by atoms with Gasteiger partial charge >= 0.3 is 0 Å². The van der Waals surface area contributed by atoms with Gasteiger partial charge in [0, 0.05) is 25.5 Å². The van der Waals surface area contributed by atoms with Gasteiger partial charge in [-0.25, -0.2) is 0 Å². The molecule has 0 spiro atoms. The third-order valence-electron chi connectivity index (χ3n) is 4.20. The van der Waals surface area contributed by atoms with E-state index in [1.807, 2.05) is 14.0 Å². The second-order valence-electron chi connectivity index (χ2n) is 5.74. The second-order valence-corrected chi connectivity index (χ2v) is 6.09. The van der Waals surface area contributed by atoms with Crippen molar-refractivity contribution in [2.75, 3.05) is 0 Å². The fraction of sp³-hybridized carbons (Fsp3) is 0.733. The molecular weight excluding hydrogens is 260 g/mol. The first kappa shape index (κ1) is 14.6. The minimum atomic E-state index is 0.295. The SMILES string of the molecule is Cc1nn(C)c(Cl)c1CC(=O)CCC1CCCCC1. The topological polar surface area (TPSA) is 34.9 Å². The number of aromatic nitrogens is 2. The molecule has 1 aromatic rings. The Kier molecular flexibility index (Phi) is 5.03. The first-order chi connectivity index (χ1) is 9.08. The van der Waals surface area contributed by atoms with Crippen LogP contribution >= 0.6 is 11.6 Å². The van der Waals surface area contributed by atoms with Crippen LogP contribution in [0, 0.1) is 12.8 Å². The van der Waals surface area contributed by atoms with Crippen molar-refractivity contribution in [3.63, 3.8) is 0 Å². The first-order valence-corrected chi connectivity index (χ1v) is 7.65. The number of hydrogen-bond donors (Lipinski definition) is 0. The standard InChI is InChI=1S/C15H23ClN2O/c1-11-14(15(16)18(2)17-11)10-13(19)9-8-12-6-4-3-5-7-12/h12H,3-10H2,1-2H3. The van der Waals surface area contributed by atoms with E-state index < -0.39 is 0 Å². The quantitative estimate of drug-likeness (QED) is 0.822.